The van der Waals surface area contributed by atoms with Gasteiger partial charge in [-0.05, 0) is 24.3 Å². The second kappa shape index (κ2) is 5.97. The number of hydrogen-bond acceptors (Lipinski definition) is 7. The molecule has 1 heterocycles. The van der Waals surface area contributed by atoms with E-state index >= 15 is 0 Å². The van der Waals surface area contributed by atoms with Crippen molar-refractivity contribution in [2.24, 2.45) is 5.10 Å². The number of amides is 1. The Balaban J connectivity index is 0.00000200. The number of carbonyl (C=O) groups excluding carboxylic acids is 2. The van der Waals surface area contributed by atoms with Gasteiger partial charge in [-0.2, -0.15) is 5.10 Å². The van der Waals surface area contributed by atoms with Gasteiger partial charge >= 0.3 is 27.3 Å². The van der Waals surface area contributed by atoms with E-state index in [0.29, 0.717) is 0 Å². The van der Waals surface area contributed by atoms with Crippen molar-refractivity contribution in [1.82, 2.24) is 0 Å². The molecule has 0 fully saturated rings. The first-order chi connectivity index (χ1) is 8.79. The molecule has 0 aromatic heterocycles. The van der Waals surface area contributed by atoms with Crippen LogP contribution in [-0.4, -0.2) is 57.9 Å². The van der Waals surface area contributed by atoms with Crippen LogP contribution in [0.3, 0.4) is 0 Å². The van der Waals surface area contributed by atoms with Gasteiger partial charge in [-0.1, -0.05) is 0 Å². The van der Waals surface area contributed by atoms with Crippen molar-refractivity contribution >= 4 is 60.7 Å². The van der Waals surface area contributed by atoms with E-state index in [9.17, 15) is 27.7 Å². The summed E-state index contributed by atoms with van der Waals surface area (Å²) in [5.41, 5.74) is -0.251. The van der Waals surface area contributed by atoms with E-state index in [2.05, 4.69) is 5.10 Å². The predicted molar refractivity (Wildman–Crippen MR) is 64.7 cm³/mol. The summed E-state index contributed by atoms with van der Waals surface area (Å²) in [6, 6.07) is 4.39. The molecule has 1 aliphatic heterocycles. The van der Waals surface area contributed by atoms with Gasteiger partial charge in [0.2, 0.25) is 0 Å². The van der Waals surface area contributed by atoms with Gasteiger partial charge in [0.25, 0.3) is 5.91 Å². The van der Waals surface area contributed by atoms with E-state index in [1.54, 1.807) is 0 Å². The zero-order chi connectivity index (χ0) is 14.2. The molecule has 1 amide bonds. The number of benzene rings is 1. The van der Waals surface area contributed by atoms with Gasteiger partial charge in [0.1, 0.15) is 10.1 Å². The van der Waals surface area contributed by atoms with Crippen LogP contribution in [0, 0.1) is 0 Å². The van der Waals surface area contributed by atoms with Gasteiger partial charge in [-0.3, -0.25) is 4.79 Å². The molecule has 1 aliphatic rings. The van der Waals surface area contributed by atoms with Crippen molar-refractivity contribution in [3.05, 3.63) is 24.3 Å². The Hall–Kier alpha value is -1.34. The second-order valence-electron chi connectivity index (χ2n) is 3.66. The fraction of sp³-hybridized carbons (Fsp3) is 0.100. The zero-order valence-electron chi connectivity index (χ0n) is 9.77. The molecular weight excluding hydrogens is 483 g/mol. The molecule has 0 bridgehead atoms. The number of aliphatic carboxylic acids is 1. The largest absolute Gasteiger partial charge is 2.00 e. The van der Waals surface area contributed by atoms with E-state index in [1.807, 2.05) is 0 Å². The number of hydrogen-bond donors (Lipinski definition) is 0. The monoisotopic (exact) mass is 490 g/mol. The first kappa shape index (κ1) is 16.7. The summed E-state index contributed by atoms with van der Waals surface area (Å²) in [5.74, 6) is -2.13. The molecule has 1 aromatic carbocycles. The van der Waals surface area contributed by atoms with Gasteiger partial charge < -0.3 is 14.5 Å². The minimum absolute atomic E-state index is 0. The molecule has 0 aliphatic carbocycles. The van der Waals surface area contributed by atoms with Crippen LogP contribution in [-0.2, 0) is 19.7 Å². The zero-order valence-corrected chi connectivity index (χ0v) is 14.5. The summed E-state index contributed by atoms with van der Waals surface area (Å²) in [7, 11) is -4.57. The maximum atomic E-state index is 11.5. The molecule has 0 saturated carbocycles. The maximum Gasteiger partial charge on any atom is 2.00 e. The van der Waals surface area contributed by atoms with Crippen LogP contribution < -0.4 is 10.1 Å². The average Bonchev–Trinajstić information content (AvgIpc) is 2.70. The van der Waals surface area contributed by atoms with Crippen molar-refractivity contribution in [3.8, 4) is 0 Å². The van der Waals surface area contributed by atoms with Gasteiger partial charge in [0.15, 0.2) is 0 Å². The number of anilines is 1. The molecule has 2 radical (unpaired) electrons. The Kier molecular flexibility index (Phi) is 4.99. The average molecular weight is 489 g/mol. The first-order valence-electron chi connectivity index (χ1n) is 4.97. The minimum atomic E-state index is -4.57. The van der Waals surface area contributed by atoms with Crippen LogP contribution >= 0.6 is 0 Å². The number of nitrogens with zero attached hydrogens (tertiary/aromatic N) is 2. The third-order valence-corrected chi connectivity index (χ3v) is 3.23. The smallest absolute Gasteiger partial charge is 0.744 e. The predicted octanol–water partition coefficient (Wildman–Crippen LogP) is -1.95. The first-order valence-corrected chi connectivity index (χ1v) is 6.37. The summed E-state index contributed by atoms with van der Waals surface area (Å²) >= 11 is 0. The number of rotatable bonds is 3. The Bertz CT molecular complexity index is 682. The normalized spacial score (nSPS) is 14.8. The molecule has 0 unspecified atom stereocenters. The quantitative estimate of drug-likeness (QED) is 0.359. The van der Waals surface area contributed by atoms with Gasteiger partial charge in [-0.15, -0.1) is 0 Å². The maximum absolute atomic E-state index is 11.5. The molecule has 10 heteroatoms. The number of carboxylic acid groups (broad SMARTS) is 1. The topological polar surface area (TPSA) is 130 Å². The van der Waals surface area contributed by atoms with E-state index in [-0.39, 0.29) is 33.0 Å². The summed E-state index contributed by atoms with van der Waals surface area (Å²) in [4.78, 5) is 21.6. The van der Waals surface area contributed by atoms with Crippen LogP contribution in [0.1, 0.15) is 6.42 Å². The third kappa shape index (κ3) is 3.40. The van der Waals surface area contributed by atoms with Crippen molar-refractivity contribution in [1.29, 1.82) is 0 Å². The molecule has 8 nitrogen and oxygen atoms in total. The molecule has 102 valence electrons. The Morgan fingerprint density at radius 2 is 1.80 bits per heavy atom. The standard InChI is InChI=1S/C10H8N2O6S.Pb/c13-9-5-8(10(14)15)11-12(9)6-1-3-7(4-2-6)19(16,17)18;/h1-4H,5H2,(H,14,15)(H,16,17,18);/q;+2/p-2. The van der Waals surface area contributed by atoms with Gasteiger partial charge in [-0.25, -0.2) is 13.4 Å². The van der Waals surface area contributed by atoms with E-state index in [4.69, 9.17) is 0 Å². The van der Waals surface area contributed by atoms with Crippen LogP contribution in [0.15, 0.2) is 34.3 Å². The van der Waals surface area contributed by atoms with Crippen molar-refractivity contribution < 1.29 is 27.7 Å². The molecule has 1 aromatic rings. The Morgan fingerprint density at radius 1 is 1.25 bits per heavy atom. The second-order valence-corrected chi connectivity index (χ2v) is 5.04. The molecule has 0 saturated heterocycles. The molecule has 0 atom stereocenters. The molecular formula is C10H6N2O6PbS. The van der Waals surface area contributed by atoms with E-state index < -0.39 is 39.0 Å². The Morgan fingerprint density at radius 3 is 2.20 bits per heavy atom. The van der Waals surface area contributed by atoms with Crippen LogP contribution in [0.5, 0.6) is 0 Å². The van der Waals surface area contributed by atoms with Gasteiger partial charge in [0, 0.05) is 0 Å². The van der Waals surface area contributed by atoms with Crippen LogP contribution in [0.4, 0.5) is 5.69 Å². The summed E-state index contributed by atoms with van der Waals surface area (Å²) in [6.45, 7) is 0. The Labute approximate surface area is 134 Å². The minimum Gasteiger partial charge on any atom is -0.744 e. The van der Waals surface area contributed by atoms with Crippen molar-refractivity contribution in [2.75, 3.05) is 5.01 Å². The fourth-order valence-corrected chi connectivity index (χ4v) is 1.97. The van der Waals surface area contributed by atoms with E-state index in [1.165, 1.54) is 12.1 Å². The number of hydrazone groups is 1. The summed E-state index contributed by atoms with van der Waals surface area (Å²) in [6.07, 6.45) is -0.399. The summed E-state index contributed by atoms with van der Waals surface area (Å²) in [5, 5.41) is 14.9. The van der Waals surface area contributed by atoms with Gasteiger partial charge in [0.05, 0.1) is 28.7 Å². The SMILES string of the molecule is O=C([O-])C1=NN(c2ccc(S(=O)(=O)[O-])cc2)C(=O)C1.[Pb+2]. The number of carboxylic acids is 1. The third-order valence-electron chi connectivity index (χ3n) is 2.38. The van der Waals surface area contributed by atoms with Crippen molar-refractivity contribution in [3.63, 3.8) is 0 Å². The fourth-order valence-electron chi connectivity index (χ4n) is 1.50. The molecule has 20 heavy (non-hydrogen) atoms. The molecule has 0 N–H and O–H groups in total. The van der Waals surface area contributed by atoms with E-state index in [0.717, 1.165) is 17.1 Å². The number of carbonyl (C=O) groups is 2. The molecule has 2 rings (SSSR count). The van der Waals surface area contributed by atoms with Crippen LogP contribution in [0.2, 0.25) is 0 Å². The summed E-state index contributed by atoms with van der Waals surface area (Å²) < 4.78 is 32.2. The molecule has 0 spiro atoms. The van der Waals surface area contributed by atoms with Crippen LogP contribution in [0.25, 0.3) is 0 Å². The van der Waals surface area contributed by atoms with Crippen molar-refractivity contribution in [2.45, 2.75) is 11.3 Å².